The lowest BCUT2D eigenvalue weighted by molar-refractivity contribution is 0.102. The number of hydrogen-bond acceptors (Lipinski definition) is 5. The first-order valence-corrected chi connectivity index (χ1v) is 9.16. The summed E-state index contributed by atoms with van der Waals surface area (Å²) >= 11 is 0. The largest absolute Gasteiger partial charge is 0.454 e. The Morgan fingerprint density at radius 1 is 1.11 bits per heavy atom. The molecule has 4 rings (SSSR count). The number of benzene rings is 2. The molecule has 0 radical (unpaired) electrons. The number of rotatable bonds is 5. The zero-order valence-electron chi connectivity index (χ0n) is 15.8. The maximum atomic E-state index is 12.8. The second kappa shape index (κ2) is 7.60. The molecule has 1 aromatic heterocycles. The number of nitrogens with one attached hydrogen (secondary N) is 2. The van der Waals surface area contributed by atoms with Gasteiger partial charge >= 0.3 is 0 Å². The molecule has 0 bridgehead atoms. The van der Waals surface area contributed by atoms with Gasteiger partial charge in [0, 0.05) is 29.2 Å². The maximum absolute atomic E-state index is 12.8. The van der Waals surface area contributed by atoms with E-state index >= 15 is 0 Å². The molecular formula is C22H21N3O3. The van der Waals surface area contributed by atoms with Gasteiger partial charge in [-0.15, -0.1) is 0 Å². The van der Waals surface area contributed by atoms with Crippen molar-refractivity contribution in [3.05, 3.63) is 71.4 Å². The highest BCUT2D eigenvalue weighted by Gasteiger charge is 2.14. The minimum Gasteiger partial charge on any atom is -0.454 e. The average molecular weight is 375 g/mol. The van der Waals surface area contributed by atoms with Crippen LogP contribution in [-0.4, -0.2) is 17.7 Å². The number of ether oxygens (including phenoxy) is 2. The minimum absolute atomic E-state index is 0.167. The van der Waals surface area contributed by atoms with Crippen LogP contribution in [0.5, 0.6) is 11.5 Å². The van der Waals surface area contributed by atoms with E-state index in [9.17, 15) is 4.79 Å². The van der Waals surface area contributed by atoms with Crippen molar-refractivity contribution in [3.63, 3.8) is 0 Å². The van der Waals surface area contributed by atoms with Crippen molar-refractivity contribution in [1.82, 2.24) is 4.98 Å². The van der Waals surface area contributed by atoms with Crippen molar-refractivity contribution in [2.75, 3.05) is 17.4 Å². The predicted molar refractivity (Wildman–Crippen MR) is 109 cm³/mol. The zero-order valence-corrected chi connectivity index (χ0v) is 15.8. The van der Waals surface area contributed by atoms with Crippen LogP contribution in [0.1, 0.15) is 28.4 Å². The van der Waals surface area contributed by atoms with E-state index in [0.717, 1.165) is 34.7 Å². The van der Waals surface area contributed by atoms with Crippen LogP contribution >= 0.6 is 0 Å². The highest BCUT2D eigenvalue weighted by molar-refractivity contribution is 6.05. The molecule has 2 heterocycles. The minimum atomic E-state index is -0.167. The summed E-state index contributed by atoms with van der Waals surface area (Å²) in [5, 5.41) is 6.24. The lowest BCUT2D eigenvalue weighted by Crippen LogP contribution is -2.14. The van der Waals surface area contributed by atoms with Crippen LogP contribution in [0.15, 0.2) is 54.7 Å². The van der Waals surface area contributed by atoms with Crippen LogP contribution in [0.2, 0.25) is 0 Å². The Bertz CT molecular complexity index is 1030. The van der Waals surface area contributed by atoms with E-state index in [0.29, 0.717) is 17.1 Å². The van der Waals surface area contributed by atoms with Crippen LogP contribution in [-0.2, 0) is 6.42 Å². The van der Waals surface area contributed by atoms with E-state index in [1.807, 2.05) is 43.3 Å². The van der Waals surface area contributed by atoms with Crippen LogP contribution in [0.3, 0.4) is 0 Å². The van der Waals surface area contributed by atoms with Gasteiger partial charge in [-0.2, -0.15) is 0 Å². The second-order valence-electron chi connectivity index (χ2n) is 6.54. The van der Waals surface area contributed by atoms with Crippen molar-refractivity contribution in [1.29, 1.82) is 0 Å². The number of nitrogens with zero attached hydrogens (tertiary/aromatic N) is 1. The molecule has 6 heteroatoms. The Labute approximate surface area is 163 Å². The molecule has 1 amide bonds. The molecule has 1 aliphatic heterocycles. The van der Waals surface area contributed by atoms with E-state index in [4.69, 9.17) is 9.47 Å². The highest BCUT2D eigenvalue weighted by atomic mass is 16.7. The lowest BCUT2D eigenvalue weighted by atomic mass is 10.1. The number of aryl methyl sites for hydroxylation is 2. The fourth-order valence-electron chi connectivity index (χ4n) is 3.15. The van der Waals surface area contributed by atoms with Crippen molar-refractivity contribution in [2.24, 2.45) is 0 Å². The summed E-state index contributed by atoms with van der Waals surface area (Å²) in [5.74, 6) is 1.81. The van der Waals surface area contributed by atoms with Gasteiger partial charge in [0.2, 0.25) is 6.79 Å². The summed E-state index contributed by atoms with van der Waals surface area (Å²) in [4.78, 5) is 17.1. The van der Waals surface area contributed by atoms with Gasteiger partial charge in [-0.3, -0.25) is 4.79 Å². The van der Waals surface area contributed by atoms with E-state index in [1.54, 1.807) is 18.3 Å². The molecule has 0 fully saturated rings. The number of amides is 1. The first-order valence-electron chi connectivity index (χ1n) is 9.16. The Kier molecular flexibility index (Phi) is 4.85. The lowest BCUT2D eigenvalue weighted by Gasteiger charge is -2.13. The van der Waals surface area contributed by atoms with Gasteiger partial charge in [0.1, 0.15) is 5.82 Å². The second-order valence-corrected chi connectivity index (χ2v) is 6.54. The molecule has 28 heavy (non-hydrogen) atoms. The topological polar surface area (TPSA) is 72.5 Å². The monoisotopic (exact) mass is 375 g/mol. The summed E-state index contributed by atoms with van der Waals surface area (Å²) in [7, 11) is 0. The van der Waals surface area contributed by atoms with Crippen molar-refractivity contribution < 1.29 is 14.3 Å². The van der Waals surface area contributed by atoms with E-state index in [2.05, 4.69) is 22.5 Å². The normalized spacial score (nSPS) is 11.9. The summed E-state index contributed by atoms with van der Waals surface area (Å²) in [6, 6.07) is 15.0. The van der Waals surface area contributed by atoms with Crippen molar-refractivity contribution >= 4 is 23.1 Å². The molecule has 0 aliphatic carbocycles. The van der Waals surface area contributed by atoms with Gasteiger partial charge in [-0.25, -0.2) is 4.98 Å². The molecule has 0 spiro atoms. The van der Waals surface area contributed by atoms with Crippen LogP contribution in [0.25, 0.3) is 0 Å². The molecule has 3 aromatic rings. The summed E-state index contributed by atoms with van der Waals surface area (Å²) in [6.45, 7) is 4.30. The van der Waals surface area contributed by atoms with Crippen LogP contribution in [0, 0.1) is 6.92 Å². The molecule has 0 unspecified atom stereocenters. The molecular weight excluding hydrogens is 354 g/mol. The van der Waals surface area contributed by atoms with Gasteiger partial charge in [0.25, 0.3) is 5.91 Å². The fraction of sp³-hybridized carbons (Fsp3) is 0.182. The summed E-state index contributed by atoms with van der Waals surface area (Å²) in [5.41, 5.74) is 4.36. The Morgan fingerprint density at radius 3 is 2.82 bits per heavy atom. The predicted octanol–water partition coefficient (Wildman–Crippen LogP) is 4.68. The molecule has 2 N–H and O–H groups in total. The third-order valence-electron chi connectivity index (χ3n) is 4.65. The van der Waals surface area contributed by atoms with Gasteiger partial charge in [0.15, 0.2) is 11.5 Å². The van der Waals surface area contributed by atoms with Gasteiger partial charge in [0.05, 0.1) is 0 Å². The van der Waals surface area contributed by atoms with E-state index in [-0.39, 0.29) is 12.7 Å². The summed E-state index contributed by atoms with van der Waals surface area (Å²) < 4.78 is 10.7. The van der Waals surface area contributed by atoms with Gasteiger partial charge in [-0.1, -0.05) is 25.1 Å². The van der Waals surface area contributed by atoms with Crippen LogP contribution in [0.4, 0.5) is 17.2 Å². The first-order chi connectivity index (χ1) is 13.6. The average Bonchev–Trinajstić information content (AvgIpc) is 3.17. The van der Waals surface area contributed by atoms with Crippen LogP contribution < -0.4 is 20.1 Å². The number of pyridine rings is 1. The van der Waals surface area contributed by atoms with Gasteiger partial charge in [-0.05, 0) is 48.7 Å². The number of carbonyl (C=O) groups is 1. The van der Waals surface area contributed by atoms with Crippen molar-refractivity contribution in [2.45, 2.75) is 20.3 Å². The zero-order chi connectivity index (χ0) is 19.5. The van der Waals surface area contributed by atoms with Crippen molar-refractivity contribution in [3.8, 4) is 11.5 Å². The summed E-state index contributed by atoms with van der Waals surface area (Å²) in [6.07, 6.45) is 2.47. The van der Waals surface area contributed by atoms with E-state index < -0.39 is 0 Å². The maximum Gasteiger partial charge on any atom is 0.255 e. The van der Waals surface area contributed by atoms with Gasteiger partial charge < -0.3 is 20.1 Å². The number of anilines is 3. The molecule has 142 valence electrons. The number of para-hydroxylation sites is 1. The fourth-order valence-corrected chi connectivity index (χ4v) is 3.15. The SMILES string of the molecule is CCc1cccc(C)c1NC(=O)c1ccnc(Nc2ccc3c(c2)OCO3)c1. The van der Waals surface area contributed by atoms with E-state index in [1.165, 1.54) is 0 Å². The molecule has 1 aliphatic rings. The third kappa shape index (κ3) is 3.62. The number of aromatic nitrogens is 1. The molecule has 6 nitrogen and oxygen atoms in total. The molecule has 2 aromatic carbocycles. The number of hydrogen-bond donors (Lipinski definition) is 2. The molecule has 0 saturated carbocycles. The number of fused-ring (bicyclic) bond motifs is 1. The third-order valence-corrected chi connectivity index (χ3v) is 4.65. The molecule has 0 saturated heterocycles. The Hall–Kier alpha value is -3.54. The highest BCUT2D eigenvalue weighted by Crippen LogP contribution is 2.35. The quantitative estimate of drug-likeness (QED) is 0.678. The number of carbonyl (C=O) groups excluding carboxylic acids is 1. The smallest absolute Gasteiger partial charge is 0.255 e. The Morgan fingerprint density at radius 2 is 1.96 bits per heavy atom. The Balaban J connectivity index is 1.53. The molecule has 0 atom stereocenters. The standard InChI is InChI=1S/C22H21N3O3/c1-3-15-6-4-5-14(2)21(15)25-22(26)16-9-10-23-20(11-16)24-17-7-8-18-19(12-17)28-13-27-18/h4-12H,3,13H2,1-2H3,(H,23,24)(H,25,26). The first kappa shape index (κ1) is 17.9.